The summed E-state index contributed by atoms with van der Waals surface area (Å²) in [6.07, 6.45) is 6.30. The highest BCUT2D eigenvalue weighted by molar-refractivity contribution is 5.47. The molecule has 0 unspecified atom stereocenters. The molecule has 0 spiro atoms. The zero-order chi connectivity index (χ0) is 9.26. The zero-order valence-corrected chi connectivity index (χ0v) is 7.40. The maximum absolute atomic E-state index is 8.69. The van der Waals surface area contributed by atoms with E-state index in [0.29, 0.717) is 17.4 Å². The third kappa shape index (κ3) is 1.26. The predicted molar refractivity (Wildman–Crippen MR) is 48.9 cm³/mol. The Hall–Kier alpha value is -1.50. The Kier molecular flexibility index (Phi) is 1.93. The van der Waals surface area contributed by atoms with Crippen LogP contribution in [-0.4, -0.2) is 9.78 Å². The molecule has 13 heavy (non-hydrogen) atoms. The van der Waals surface area contributed by atoms with Crippen molar-refractivity contribution in [2.45, 2.75) is 31.7 Å². The monoisotopic (exact) mass is 176 g/mol. The third-order valence-corrected chi connectivity index (χ3v) is 2.63. The average molecular weight is 176 g/mol. The summed E-state index contributed by atoms with van der Waals surface area (Å²) in [6, 6.07) is 2.45. The number of hydrogen-bond donors (Lipinski definition) is 1. The van der Waals surface area contributed by atoms with E-state index in [-0.39, 0.29) is 0 Å². The fourth-order valence-corrected chi connectivity index (χ4v) is 1.90. The summed E-state index contributed by atoms with van der Waals surface area (Å²) in [7, 11) is 0. The van der Waals surface area contributed by atoms with Gasteiger partial charge in [0, 0.05) is 0 Å². The van der Waals surface area contributed by atoms with E-state index < -0.39 is 0 Å². The molecule has 1 fully saturated rings. The first-order valence-electron chi connectivity index (χ1n) is 4.56. The minimum absolute atomic E-state index is 0.419. The molecule has 1 aromatic heterocycles. The lowest BCUT2D eigenvalue weighted by Gasteiger charge is -2.10. The summed E-state index contributed by atoms with van der Waals surface area (Å²) in [5.74, 6) is 0.523. The van der Waals surface area contributed by atoms with Crippen molar-refractivity contribution in [3.05, 3.63) is 11.8 Å². The molecule has 1 aromatic rings. The van der Waals surface area contributed by atoms with Gasteiger partial charge in [-0.25, -0.2) is 4.68 Å². The van der Waals surface area contributed by atoms with Crippen LogP contribution in [0, 0.1) is 11.3 Å². The van der Waals surface area contributed by atoms with Gasteiger partial charge in [-0.05, 0) is 12.8 Å². The van der Waals surface area contributed by atoms with E-state index >= 15 is 0 Å². The molecule has 0 aromatic carbocycles. The first-order chi connectivity index (χ1) is 6.33. The van der Waals surface area contributed by atoms with Crippen LogP contribution in [0.3, 0.4) is 0 Å². The average Bonchev–Trinajstić information content (AvgIpc) is 2.72. The fraction of sp³-hybridized carbons (Fsp3) is 0.556. The zero-order valence-electron chi connectivity index (χ0n) is 7.40. The van der Waals surface area contributed by atoms with E-state index in [1.54, 1.807) is 10.9 Å². The second-order valence-corrected chi connectivity index (χ2v) is 3.44. The van der Waals surface area contributed by atoms with E-state index in [0.717, 1.165) is 12.8 Å². The molecule has 2 rings (SSSR count). The van der Waals surface area contributed by atoms with Crippen molar-refractivity contribution in [2.24, 2.45) is 0 Å². The number of nitriles is 1. The van der Waals surface area contributed by atoms with Gasteiger partial charge in [0.15, 0.2) is 0 Å². The van der Waals surface area contributed by atoms with E-state index in [4.69, 9.17) is 11.0 Å². The molecule has 0 bridgehead atoms. The van der Waals surface area contributed by atoms with Crippen molar-refractivity contribution < 1.29 is 0 Å². The molecule has 0 saturated heterocycles. The summed E-state index contributed by atoms with van der Waals surface area (Å²) in [5.41, 5.74) is 6.26. The van der Waals surface area contributed by atoms with Crippen molar-refractivity contribution in [2.75, 3.05) is 5.73 Å². The van der Waals surface area contributed by atoms with Crippen LogP contribution in [0.25, 0.3) is 0 Å². The van der Waals surface area contributed by atoms with Gasteiger partial charge in [0.1, 0.15) is 17.5 Å². The Bertz CT molecular complexity index is 341. The summed E-state index contributed by atoms with van der Waals surface area (Å²) >= 11 is 0. The topological polar surface area (TPSA) is 67.6 Å². The fourth-order valence-electron chi connectivity index (χ4n) is 1.90. The largest absolute Gasteiger partial charge is 0.383 e. The van der Waals surface area contributed by atoms with Gasteiger partial charge < -0.3 is 5.73 Å². The van der Waals surface area contributed by atoms with Crippen LogP contribution in [0.2, 0.25) is 0 Å². The Morgan fingerprint density at radius 2 is 2.23 bits per heavy atom. The molecule has 1 aliphatic rings. The Balaban J connectivity index is 2.30. The molecule has 0 radical (unpaired) electrons. The van der Waals surface area contributed by atoms with Crippen LogP contribution in [-0.2, 0) is 0 Å². The van der Waals surface area contributed by atoms with E-state index in [1.165, 1.54) is 12.8 Å². The van der Waals surface area contributed by atoms with Gasteiger partial charge in [-0.3, -0.25) is 0 Å². The van der Waals surface area contributed by atoms with E-state index in [2.05, 4.69) is 5.10 Å². The van der Waals surface area contributed by atoms with E-state index in [1.807, 2.05) is 6.07 Å². The Morgan fingerprint density at radius 3 is 2.77 bits per heavy atom. The van der Waals surface area contributed by atoms with E-state index in [9.17, 15) is 0 Å². The van der Waals surface area contributed by atoms with Gasteiger partial charge >= 0.3 is 0 Å². The molecule has 4 nitrogen and oxygen atoms in total. The van der Waals surface area contributed by atoms with Crippen LogP contribution in [0.4, 0.5) is 5.82 Å². The summed E-state index contributed by atoms with van der Waals surface area (Å²) < 4.78 is 1.80. The number of hydrogen-bond acceptors (Lipinski definition) is 3. The molecule has 4 heteroatoms. The molecule has 0 aliphatic heterocycles. The number of aromatic nitrogens is 2. The van der Waals surface area contributed by atoms with Crippen molar-refractivity contribution in [3.8, 4) is 6.07 Å². The minimum Gasteiger partial charge on any atom is -0.383 e. The minimum atomic E-state index is 0.419. The molecule has 68 valence electrons. The lowest BCUT2D eigenvalue weighted by molar-refractivity contribution is 0.473. The SMILES string of the molecule is N#Cc1cnn(C2CCCC2)c1N. The number of rotatable bonds is 1. The van der Waals surface area contributed by atoms with Gasteiger partial charge in [0.05, 0.1) is 12.2 Å². The lowest BCUT2D eigenvalue weighted by atomic mass is 10.2. The first-order valence-corrected chi connectivity index (χ1v) is 4.56. The van der Waals surface area contributed by atoms with Gasteiger partial charge in [0.25, 0.3) is 0 Å². The standard InChI is InChI=1S/C9H12N4/c10-5-7-6-12-13(9(7)11)8-3-1-2-4-8/h6,8H,1-4,11H2. The van der Waals surface area contributed by atoms with Crippen LogP contribution in [0.5, 0.6) is 0 Å². The normalized spacial score (nSPS) is 17.5. The van der Waals surface area contributed by atoms with Crippen LogP contribution in [0.15, 0.2) is 6.20 Å². The maximum atomic E-state index is 8.69. The number of nitrogens with two attached hydrogens (primary N) is 1. The van der Waals surface area contributed by atoms with Crippen molar-refractivity contribution in [3.63, 3.8) is 0 Å². The van der Waals surface area contributed by atoms with Crippen molar-refractivity contribution in [1.29, 1.82) is 5.26 Å². The number of anilines is 1. The molecular formula is C9H12N4. The lowest BCUT2D eigenvalue weighted by Crippen LogP contribution is -2.10. The highest BCUT2D eigenvalue weighted by Gasteiger charge is 2.20. The molecule has 1 heterocycles. The van der Waals surface area contributed by atoms with Gasteiger partial charge in [-0.2, -0.15) is 10.4 Å². The second-order valence-electron chi connectivity index (χ2n) is 3.44. The smallest absolute Gasteiger partial charge is 0.140 e. The molecule has 1 saturated carbocycles. The highest BCUT2D eigenvalue weighted by atomic mass is 15.3. The predicted octanol–water partition coefficient (Wildman–Crippen LogP) is 1.45. The number of nitrogens with zero attached hydrogens (tertiary/aromatic N) is 3. The van der Waals surface area contributed by atoms with Crippen molar-refractivity contribution >= 4 is 5.82 Å². The molecule has 0 atom stereocenters. The van der Waals surface area contributed by atoms with Crippen LogP contribution >= 0.6 is 0 Å². The summed E-state index contributed by atoms with van der Waals surface area (Å²) in [4.78, 5) is 0. The third-order valence-electron chi connectivity index (χ3n) is 2.63. The summed E-state index contributed by atoms with van der Waals surface area (Å²) in [6.45, 7) is 0. The first kappa shape index (κ1) is 8.11. The molecular weight excluding hydrogens is 164 g/mol. The van der Waals surface area contributed by atoms with Gasteiger partial charge in [-0.15, -0.1) is 0 Å². The maximum Gasteiger partial charge on any atom is 0.140 e. The van der Waals surface area contributed by atoms with Crippen LogP contribution < -0.4 is 5.73 Å². The molecule has 0 amide bonds. The second kappa shape index (κ2) is 3.09. The summed E-state index contributed by atoms with van der Waals surface area (Å²) in [5, 5.41) is 12.8. The Morgan fingerprint density at radius 1 is 1.54 bits per heavy atom. The van der Waals surface area contributed by atoms with Gasteiger partial charge in [0.2, 0.25) is 0 Å². The number of nitrogen functional groups attached to an aromatic ring is 1. The Labute approximate surface area is 77.0 Å². The molecule has 1 aliphatic carbocycles. The van der Waals surface area contributed by atoms with Crippen molar-refractivity contribution in [1.82, 2.24) is 9.78 Å². The molecule has 2 N–H and O–H groups in total. The van der Waals surface area contributed by atoms with Gasteiger partial charge in [-0.1, -0.05) is 12.8 Å². The quantitative estimate of drug-likeness (QED) is 0.704. The highest BCUT2D eigenvalue weighted by Crippen LogP contribution is 2.31. The van der Waals surface area contributed by atoms with Crippen LogP contribution in [0.1, 0.15) is 37.3 Å².